The lowest BCUT2D eigenvalue weighted by molar-refractivity contribution is -0.137. The molecule has 1 fully saturated rings. The SMILES string of the molecule is CC(C)Oc1ccc(-n2c(C(=O)O)c(N3CCCC3=O)c3cc(Oc4ccc(C(F)(F)F)cc4)ccc32)cc1. The zero-order valence-corrected chi connectivity index (χ0v) is 21.2. The second kappa shape index (κ2) is 10.0. The van der Waals surface area contributed by atoms with E-state index in [-0.39, 0.29) is 34.9 Å². The summed E-state index contributed by atoms with van der Waals surface area (Å²) >= 11 is 0. The Morgan fingerprint density at radius 3 is 2.15 bits per heavy atom. The maximum Gasteiger partial charge on any atom is 0.416 e. The second-order valence-electron chi connectivity index (χ2n) is 9.45. The minimum Gasteiger partial charge on any atom is -0.491 e. The van der Waals surface area contributed by atoms with Crippen molar-refractivity contribution < 1.29 is 37.3 Å². The van der Waals surface area contributed by atoms with Crippen molar-refractivity contribution in [2.75, 3.05) is 11.4 Å². The molecule has 1 aromatic heterocycles. The first-order valence-corrected chi connectivity index (χ1v) is 12.4. The van der Waals surface area contributed by atoms with Gasteiger partial charge in [-0.3, -0.25) is 4.79 Å². The van der Waals surface area contributed by atoms with Gasteiger partial charge in [-0.1, -0.05) is 0 Å². The van der Waals surface area contributed by atoms with E-state index < -0.39 is 17.7 Å². The molecular formula is C29H25F3N2O5. The Bertz CT molecular complexity index is 1540. The molecule has 4 aromatic rings. The Kier molecular flexibility index (Phi) is 6.71. The first-order chi connectivity index (χ1) is 18.5. The molecule has 1 amide bonds. The normalized spacial score (nSPS) is 13.9. The Hall–Kier alpha value is -4.47. The highest BCUT2D eigenvalue weighted by Gasteiger charge is 2.33. The number of alkyl halides is 3. The lowest BCUT2D eigenvalue weighted by Gasteiger charge is -2.17. The van der Waals surface area contributed by atoms with E-state index in [2.05, 4.69) is 0 Å². The van der Waals surface area contributed by atoms with Gasteiger partial charge in [0.05, 0.1) is 22.9 Å². The van der Waals surface area contributed by atoms with E-state index >= 15 is 0 Å². The van der Waals surface area contributed by atoms with Crippen molar-refractivity contribution in [2.45, 2.75) is 39.0 Å². The number of carboxylic acids is 1. The molecule has 2 heterocycles. The van der Waals surface area contributed by atoms with Crippen LogP contribution in [-0.2, 0) is 11.0 Å². The van der Waals surface area contributed by atoms with Crippen molar-refractivity contribution in [3.05, 3.63) is 78.0 Å². The van der Waals surface area contributed by atoms with E-state index in [0.29, 0.717) is 41.7 Å². The number of nitrogens with zero attached hydrogens (tertiary/aromatic N) is 2. The van der Waals surface area contributed by atoms with E-state index in [9.17, 15) is 27.9 Å². The lowest BCUT2D eigenvalue weighted by atomic mass is 10.2. The Balaban J connectivity index is 1.64. The van der Waals surface area contributed by atoms with Crippen LogP contribution in [0, 0.1) is 0 Å². The van der Waals surface area contributed by atoms with Crippen LogP contribution >= 0.6 is 0 Å². The Morgan fingerprint density at radius 2 is 1.59 bits per heavy atom. The van der Waals surface area contributed by atoms with Crippen molar-refractivity contribution in [2.24, 2.45) is 0 Å². The van der Waals surface area contributed by atoms with Gasteiger partial charge >= 0.3 is 12.1 Å². The standard InChI is InChI=1S/C29H25F3N2O5/c1-17(2)38-20-11-7-19(8-12-20)34-24-14-13-22(39-21-9-5-18(6-10-21)29(30,31)32)16-23(24)26(27(34)28(36)37)33-15-3-4-25(33)35/h5-14,16-17H,3-4,15H2,1-2H3,(H,36,37). The summed E-state index contributed by atoms with van der Waals surface area (Å²) in [5.41, 5.74) is 0.458. The summed E-state index contributed by atoms with van der Waals surface area (Å²) in [6, 6.07) is 16.1. The van der Waals surface area contributed by atoms with Crippen molar-refractivity contribution in [3.8, 4) is 22.9 Å². The zero-order chi connectivity index (χ0) is 27.9. The number of rotatable bonds is 7. The molecule has 202 valence electrons. The van der Waals surface area contributed by atoms with Gasteiger partial charge in [0.15, 0.2) is 5.69 Å². The molecule has 0 aliphatic carbocycles. The van der Waals surface area contributed by atoms with Crippen molar-refractivity contribution in [1.29, 1.82) is 0 Å². The van der Waals surface area contributed by atoms with Crippen molar-refractivity contribution >= 4 is 28.5 Å². The molecule has 0 saturated carbocycles. The molecule has 1 aliphatic rings. The van der Waals surface area contributed by atoms with E-state index in [0.717, 1.165) is 12.1 Å². The number of halogens is 3. The number of fused-ring (bicyclic) bond motifs is 1. The maximum absolute atomic E-state index is 12.9. The first-order valence-electron chi connectivity index (χ1n) is 12.4. The average molecular weight is 539 g/mol. The predicted molar refractivity (Wildman–Crippen MR) is 139 cm³/mol. The van der Waals surface area contributed by atoms with Crippen LogP contribution in [0.4, 0.5) is 18.9 Å². The van der Waals surface area contributed by atoms with Gasteiger partial charge in [-0.05, 0) is 87.0 Å². The summed E-state index contributed by atoms with van der Waals surface area (Å²) in [4.78, 5) is 26.9. The predicted octanol–water partition coefficient (Wildman–Crippen LogP) is 7.05. The summed E-state index contributed by atoms with van der Waals surface area (Å²) < 4.78 is 51.9. The van der Waals surface area contributed by atoms with Crippen LogP contribution in [0.3, 0.4) is 0 Å². The quantitative estimate of drug-likeness (QED) is 0.273. The average Bonchev–Trinajstić information content (AvgIpc) is 3.44. The fourth-order valence-electron chi connectivity index (χ4n) is 4.73. The summed E-state index contributed by atoms with van der Waals surface area (Å²) in [5, 5.41) is 10.8. The highest BCUT2D eigenvalue weighted by Crippen LogP contribution is 2.41. The number of benzene rings is 3. The number of carboxylic acid groups (broad SMARTS) is 1. The number of carbonyl (C=O) groups excluding carboxylic acids is 1. The Morgan fingerprint density at radius 1 is 0.949 bits per heavy atom. The molecule has 10 heteroatoms. The van der Waals surface area contributed by atoms with Crippen LogP contribution in [0.5, 0.6) is 17.2 Å². The molecule has 1 aliphatic heterocycles. The number of aromatic nitrogens is 1. The molecule has 39 heavy (non-hydrogen) atoms. The van der Waals surface area contributed by atoms with Gasteiger partial charge in [-0.15, -0.1) is 0 Å². The van der Waals surface area contributed by atoms with E-state index in [1.807, 2.05) is 13.8 Å². The molecule has 5 rings (SSSR count). The molecule has 0 atom stereocenters. The van der Waals surface area contributed by atoms with Gasteiger partial charge in [-0.25, -0.2) is 4.79 Å². The number of hydrogen-bond donors (Lipinski definition) is 1. The number of carbonyl (C=O) groups is 2. The van der Waals surface area contributed by atoms with E-state index in [4.69, 9.17) is 9.47 Å². The van der Waals surface area contributed by atoms with Gasteiger partial charge in [0.25, 0.3) is 0 Å². The fourth-order valence-corrected chi connectivity index (χ4v) is 4.73. The first kappa shape index (κ1) is 26.1. The van der Waals surface area contributed by atoms with Gasteiger partial charge in [-0.2, -0.15) is 13.2 Å². The van der Waals surface area contributed by atoms with Gasteiger partial charge in [0.1, 0.15) is 17.2 Å². The molecular weight excluding hydrogens is 513 g/mol. The van der Waals surface area contributed by atoms with Gasteiger partial charge in [0.2, 0.25) is 5.91 Å². The third-order valence-electron chi connectivity index (χ3n) is 6.34. The largest absolute Gasteiger partial charge is 0.491 e. The minimum atomic E-state index is -4.47. The van der Waals surface area contributed by atoms with Crippen LogP contribution in [0.2, 0.25) is 0 Å². The van der Waals surface area contributed by atoms with Crippen LogP contribution in [0.25, 0.3) is 16.6 Å². The van der Waals surface area contributed by atoms with Crippen molar-refractivity contribution in [3.63, 3.8) is 0 Å². The van der Waals surface area contributed by atoms with E-state index in [1.165, 1.54) is 17.0 Å². The number of hydrogen-bond acceptors (Lipinski definition) is 4. The minimum absolute atomic E-state index is 0.0336. The number of ether oxygens (including phenoxy) is 2. The molecule has 0 bridgehead atoms. The van der Waals surface area contributed by atoms with Gasteiger partial charge in [0, 0.05) is 24.0 Å². The third-order valence-corrected chi connectivity index (χ3v) is 6.34. The van der Waals surface area contributed by atoms with Crippen LogP contribution in [0.1, 0.15) is 42.7 Å². The molecule has 0 spiro atoms. The molecule has 3 aromatic carbocycles. The van der Waals surface area contributed by atoms with Crippen LogP contribution in [0.15, 0.2) is 66.7 Å². The zero-order valence-electron chi connectivity index (χ0n) is 21.2. The highest BCUT2D eigenvalue weighted by atomic mass is 19.4. The number of amides is 1. The van der Waals surface area contributed by atoms with Crippen LogP contribution < -0.4 is 14.4 Å². The monoisotopic (exact) mass is 538 g/mol. The summed E-state index contributed by atoms with van der Waals surface area (Å²) in [6.07, 6.45) is -3.61. The summed E-state index contributed by atoms with van der Waals surface area (Å²) in [6.45, 7) is 4.17. The highest BCUT2D eigenvalue weighted by molar-refractivity contribution is 6.13. The molecule has 1 N–H and O–H groups in total. The third kappa shape index (κ3) is 5.14. The van der Waals surface area contributed by atoms with Crippen molar-refractivity contribution in [1.82, 2.24) is 4.57 Å². The summed E-state index contributed by atoms with van der Waals surface area (Å²) in [7, 11) is 0. The lowest BCUT2D eigenvalue weighted by Crippen LogP contribution is -2.26. The molecule has 0 unspecified atom stereocenters. The second-order valence-corrected chi connectivity index (χ2v) is 9.45. The number of anilines is 1. The molecule has 1 saturated heterocycles. The fraction of sp³-hybridized carbons (Fsp3) is 0.241. The number of aromatic carboxylic acids is 1. The molecule has 0 radical (unpaired) electrons. The van der Waals surface area contributed by atoms with E-state index in [1.54, 1.807) is 47.0 Å². The smallest absolute Gasteiger partial charge is 0.416 e. The molecule has 7 nitrogen and oxygen atoms in total. The topological polar surface area (TPSA) is 81.0 Å². The maximum atomic E-state index is 12.9. The van der Waals surface area contributed by atoms with Crippen LogP contribution in [-0.4, -0.2) is 34.2 Å². The Labute approximate surface area is 222 Å². The summed E-state index contributed by atoms with van der Waals surface area (Å²) in [5.74, 6) is -0.311. The van der Waals surface area contributed by atoms with Gasteiger partial charge < -0.3 is 24.0 Å².